The number of rotatable bonds is 6. The Morgan fingerprint density at radius 3 is 2.65 bits per heavy atom. The molecule has 1 aliphatic heterocycles. The lowest BCUT2D eigenvalue weighted by Crippen LogP contribution is -2.38. The highest BCUT2D eigenvalue weighted by Gasteiger charge is 2.33. The van der Waals surface area contributed by atoms with Crippen LogP contribution in [0.3, 0.4) is 0 Å². The molecule has 3 aromatic rings. The molecule has 0 bridgehead atoms. The molecule has 3 heterocycles. The average Bonchev–Trinajstić information content (AvgIpc) is 3.17. The van der Waals surface area contributed by atoms with Gasteiger partial charge in [0.1, 0.15) is 5.75 Å². The molecule has 1 saturated carbocycles. The molecule has 2 aromatic heterocycles. The van der Waals surface area contributed by atoms with Gasteiger partial charge in [-0.25, -0.2) is 0 Å². The Balaban J connectivity index is 1.64. The van der Waals surface area contributed by atoms with Gasteiger partial charge in [0.25, 0.3) is 5.56 Å². The molecule has 0 spiro atoms. The summed E-state index contributed by atoms with van der Waals surface area (Å²) >= 11 is 0. The molecule has 3 atom stereocenters. The van der Waals surface area contributed by atoms with Crippen molar-refractivity contribution in [1.29, 1.82) is 0 Å². The van der Waals surface area contributed by atoms with E-state index in [-0.39, 0.29) is 11.6 Å². The lowest BCUT2D eigenvalue weighted by Gasteiger charge is -2.38. The van der Waals surface area contributed by atoms with Gasteiger partial charge >= 0.3 is 0 Å². The van der Waals surface area contributed by atoms with E-state index in [0.717, 1.165) is 73.4 Å². The van der Waals surface area contributed by atoms with Gasteiger partial charge in [-0.2, -0.15) is 0 Å². The number of ether oxygens (including phenoxy) is 2. The van der Waals surface area contributed by atoms with Crippen LogP contribution in [0.1, 0.15) is 46.1 Å². The van der Waals surface area contributed by atoms with Crippen molar-refractivity contribution in [2.75, 3.05) is 40.0 Å². The predicted octanol–water partition coefficient (Wildman–Crippen LogP) is 4.93. The summed E-state index contributed by atoms with van der Waals surface area (Å²) in [6, 6.07) is 8.52. The van der Waals surface area contributed by atoms with Crippen molar-refractivity contribution in [3.8, 4) is 5.75 Å². The molecule has 2 aliphatic rings. The second kappa shape index (κ2) is 9.74. The van der Waals surface area contributed by atoms with Crippen molar-refractivity contribution in [3.05, 3.63) is 40.8 Å². The molecule has 6 nitrogen and oxygen atoms in total. The Kier molecular flexibility index (Phi) is 6.72. The van der Waals surface area contributed by atoms with Gasteiger partial charge < -0.3 is 18.6 Å². The van der Waals surface area contributed by atoms with Crippen LogP contribution in [0.4, 0.5) is 0 Å². The molecule has 1 aliphatic carbocycles. The maximum Gasteiger partial charge on any atom is 0.260 e. The first-order valence-corrected chi connectivity index (χ1v) is 13.0. The number of nitrogens with zero attached hydrogens (tertiary/aromatic N) is 3. The number of hydrogen-bond donors (Lipinski definition) is 0. The van der Waals surface area contributed by atoms with Crippen molar-refractivity contribution in [1.82, 2.24) is 14.0 Å². The van der Waals surface area contributed by atoms with Crippen LogP contribution in [0, 0.1) is 17.8 Å². The minimum atomic E-state index is 0.144. The van der Waals surface area contributed by atoms with E-state index >= 15 is 0 Å². The molecule has 34 heavy (non-hydrogen) atoms. The van der Waals surface area contributed by atoms with E-state index in [0.29, 0.717) is 17.8 Å². The Bertz CT molecular complexity index is 1210. The minimum absolute atomic E-state index is 0.144. The summed E-state index contributed by atoms with van der Waals surface area (Å²) < 4.78 is 15.7. The van der Waals surface area contributed by atoms with Crippen molar-refractivity contribution in [2.45, 2.75) is 52.6 Å². The van der Waals surface area contributed by atoms with E-state index in [1.54, 1.807) is 7.11 Å². The van der Waals surface area contributed by atoms with Crippen LogP contribution >= 0.6 is 0 Å². The van der Waals surface area contributed by atoms with Crippen LogP contribution in [0.5, 0.6) is 5.75 Å². The first-order chi connectivity index (χ1) is 16.5. The van der Waals surface area contributed by atoms with Gasteiger partial charge in [0, 0.05) is 43.8 Å². The van der Waals surface area contributed by atoms with E-state index < -0.39 is 0 Å². The SMILES string of the molecule is COc1cccc2c3c(=O)n(C4C[C@H](C)CC[C@H]4C(C)C)ccc3n(CCN3CCOCC3)c12. The molecule has 0 radical (unpaired) electrons. The summed E-state index contributed by atoms with van der Waals surface area (Å²) in [5.41, 5.74) is 2.19. The van der Waals surface area contributed by atoms with Crippen LogP contribution in [-0.4, -0.2) is 54.0 Å². The summed E-state index contributed by atoms with van der Waals surface area (Å²) in [5.74, 6) is 2.58. The molecule has 0 N–H and O–H groups in total. The second-order valence-corrected chi connectivity index (χ2v) is 10.6. The van der Waals surface area contributed by atoms with Gasteiger partial charge in [0.15, 0.2) is 0 Å². The van der Waals surface area contributed by atoms with Crippen molar-refractivity contribution < 1.29 is 9.47 Å². The van der Waals surface area contributed by atoms with Gasteiger partial charge in [-0.3, -0.25) is 9.69 Å². The quantitative estimate of drug-likeness (QED) is 0.518. The summed E-state index contributed by atoms with van der Waals surface area (Å²) in [7, 11) is 1.72. The number of morpholine rings is 1. The number of para-hydroxylation sites is 1. The minimum Gasteiger partial charge on any atom is -0.495 e. The number of fused-ring (bicyclic) bond motifs is 3. The topological polar surface area (TPSA) is 48.6 Å². The van der Waals surface area contributed by atoms with Crippen molar-refractivity contribution >= 4 is 21.8 Å². The monoisotopic (exact) mass is 465 g/mol. The van der Waals surface area contributed by atoms with Crippen molar-refractivity contribution in [2.24, 2.45) is 17.8 Å². The third-order valence-electron chi connectivity index (χ3n) is 8.23. The largest absolute Gasteiger partial charge is 0.495 e. The first-order valence-electron chi connectivity index (χ1n) is 13.0. The average molecular weight is 466 g/mol. The van der Waals surface area contributed by atoms with Crippen LogP contribution in [0.25, 0.3) is 21.8 Å². The van der Waals surface area contributed by atoms with E-state index in [4.69, 9.17) is 9.47 Å². The lowest BCUT2D eigenvalue weighted by atomic mass is 9.74. The number of benzene rings is 1. The Morgan fingerprint density at radius 2 is 1.91 bits per heavy atom. The number of methoxy groups -OCH3 is 1. The zero-order chi connectivity index (χ0) is 23.8. The van der Waals surface area contributed by atoms with Gasteiger partial charge in [-0.05, 0) is 42.7 Å². The molecular weight excluding hydrogens is 426 g/mol. The molecule has 1 aromatic carbocycles. The fraction of sp³-hybridized carbons (Fsp3) is 0.607. The highest BCUT2D eigenvalue weighted by Crippen LogP contribution is 2.41. The molecular formula is C28H39N3O3. The van der Waals surface area contributed by atoms with Crippen LogP contribution < -0.4 is 10.3 Å². The van der Waals surface area contributed by atoms with Gasteiger partial charge in [0.2, 0.25) is 0 Å². The van der Waals surface area contributed by atoms with E-state index in [2.05, 4.69) is 53.1 Å². The normalized spacial score (nSPS) is 24.3. The van der Waals surface area contributed by atoms with Gasteiger partial charge in [0.05, 0.1) is 36.7 Å². The predicted molar refractivity (Wildman–Crippen MR) is 138 cm³/mol. The standard InChI is InChI=1S/C28H39N3O3/c1-19(2)21-9-8-20(3)18-24(21)31-11-10-23-26(28(31)32)22-6-5-7-25(33-4)27(22)30(23)13-12-29-14-16-34-17-15-29/h5-7,10-11,19-21,24H,8-9,12-18H2,1-4H3/t20-,21+,24?/m1/s1. The van der Waals surface area contributed by atoms with Crippen molar-refractivity contribution in [3.63, 3.8) is 0 Å². The molecule has 6 heteroatoms. The maximum absolute atomic E-state index is 14.1. The zero-order valence-corrected chi connectivity index (χ0v) is 21.1. The molecule has 1 saturated heterocycles. The fourth-order valence-corrected chi connectivity index (χ4v) is 6.34. The molecule has 1 unspecified atom stereocenters. The van der Waals surface area contributed by atoms with Crippen LogP contribution in [-0.2, 0) is 11.3 Å². The molecule has 2 fully saturated rings. The van der Waals surface area contributed by atoms with Crippen LogP contribution in [0.2, 0.25) is 0 Å². The maximum atomic E-state index is 14.1. The summed E-state index contributed by atoms with van der Waals surface area (Å²) in [5, 5.41) is 1.83. The fourth-order valence-electron chi connectivity index (χ4n) is 6.34. The number of hydrogen-bond acceptors (Lipinski definition) is 4. The Hall–Kier alpha value is -2.31. The third kappa shape index (κ3) is 4.16. The first kappa shape index (κ1) is 23.4. The van der Waals surface area contributed by atoms with E-state index in [1.807, 2.05) is 12.1 Å². The summed E-state index contributed by atoms with van der Waals surface area (Å²) in [4.78, 5) is 16.6. The lowest BCUT2D eigenvalue weighted by molar-refractivity contribution is 0.0366. The van der Waals surface area contributed by atoms with Gasteiger partial charge in [-0.15, -0.1) is 0 Å². The number of aromatic nitrogens is 2. The Morgan fingerprint density at radius 1 is 1.12 bits per heavy atom. The summed E-state index contributed by atoms with van der Waals surface area (Å²) in [6.07, 6.45) is 5.60. The second-order valence-electron chi connectivity index (χ2n) is 10.6. The Labute approximate surface area is 202 Å². The smallest absolute Gasteiger partial charge is 0.260 e. The van der Waals surface area contributed by atoms with E-state index in [1.165, 1.54) is 12.8 Å². The molecule has 184 valence electrons. The molecule has 5 rings (SSSR count). The third-order valence-corrected chi connectivity index (χ3v) is 8.23. The summed E-state index contributed by atoms with van der Waals surface area (Å²) in [6.45, 7) is 12.2. The van der Waals surface area contributed by atoms with Crippen LogP contribution in [0.15, 0.2) is 35.3 Å². The zero-order valence-electron chi connectivity index (χ0n) is 21.1. The van der Waals surface area contributed by atoms with Gasteiger partial charge in [-0.1, -0.05) is 39.3 Å². The highest BCUT2D eigenvalue weighted by atomic mass is 16.5. The molecule has 0 amide bonds. The van der Waals surface area contributed by atoms with E-state index in [9.17, 15) is 4.79 Å². The highest BCUT2D eigenvalue weighted by molar-refractivity contribution is 6.09. The number of pyridine rings is 1.